The molecule has 0 aromatic heterocycles. The van der Waals surface area contributed by atoms with Crippen LogP contribution in [-0.4, -0.2) is 43.2 Å². The van der Waals surface area contributed by atoms with Gasteiger partial charge in [0.25, 0.3) is 0 Å². The second kappa shape index (κ2) is 17.1. The van der Waals surface area contributed by atoms with E-state index < -0.39 is 0 Å². The van der Waals surface area contributed by atoms with Gasteiger partial charge in [-0.15, -0.1) is 0 Å². The first-order chi connectivity index (χ1) is 0. The van der Waals surface area contributed by atoms with Gasteiger partial charge in [0.1, 0.15) is 0 Å². The van der Waals surface area contributed by atoms with Crippen LogP contribution in [0.4, 0.5) is 0 Å². The fourth-order valence-electron chi connectivity index (χ4n) is 0. The van der Waals surface area contributed by atoms with E-state index in [0.29, 0.717) is 0 Å². The van der Waals surface area contributed by atoms with Crippen LogP contribution in [0.1, 0.15) is 0 Å². The van der Waals surface area contributed by atoms with E-state index in [0.717, 1.165) is 0 Å². The van der Waals surface area contributed by atoms with Gasteiger partial charge in [-0.2, -0.15) is 9.90 Å². The summed E-state index contributed by atoms with van der Waals surface area (Å²) in [6.07, 6.45) is 0. The van der Waals surface area contributed by atoms with Gasteiger partial charge in [-0.05, 0) is 0 Å². The van der Waals surface area contributed by atoms with Crippen LogP contribution in [0.25, 0.3) is 0 Å². The molecule has 0 radical (unpaired) electrons. The Bertz CT molecular complexity index is 8.00. The van der Waals surface area contributed by atoms with E-state index in [9.17, 15) is 0 Å². The molecular weight excluding hydrogens is 285 g/mol. The Morgan fingerprint density at radius 2 is 1.00 bits per heavy atom. The number of rotatable bonds is 0. The molecule has 0 saturated heterocycles. The maximum atomic E-state index is 0. The molecule has 1 unspecified atom stereocenters. The summed E-state index contributed by atoms with van der Waals surface area (Å²) >= 11 is 0. The summed E-state index contributed by atoms with van der Waals surface area (Å²) in [5, 5.41) is 0. The number of hydrogen-bond acceptors (Lipinski definition) is 0. The van der Waals surface area contributed by atoms with Crippen molar-refractivity contribution in [2.45, 2.75) is 0 Å². The standard InChI is InChI=1S/Al.Cd.In.H3P.6H/h;;;1H3;;;;;;. The molecule has 0 aliphatic heterocycles. The topological polar surface area (TPSA) is 0 Å². The van der Waals surface area contributed by atoms with Crippen molar-refractivity contribution in [1.82, 2.24) is 0 Å². The first kappa shape index (κ1) is 29.5. The quantitative estimate of drug-likeness (QED) is 0.348. The van der Waals surface area contributed by atoms with Gasteiger partial charge in [0, 0.05) is 27.3 Å². The molecule has 0 rings (SSSR count). The van der Waals surface area contributed by atoms with Gasteiger partial charge in [0.2, 0.25) is 0 Å². The van der Waals surface area contributed by atoms with Crippen molar-refractivity contribution >= 4 is 53.1 Å². The SMILES string of the molecule is P.[AlH3].[Cd].[InH3]. The van der Waals surface area contributed by atoms with Crippen molar-refractivity contribution in [3.8, 4) is 0 Å². The van der Waals surface area contributed by atoms with Crippen molar-refractivity contribution in [3.05, 3.63) is 0 Å². The molecule has 0 fully saturated rings. The zero-order valence-corrected chi connectivity index (χ0v) is 6.86. The first-order valence-electron chi connectivity index (χ1n) is 0. The van der Waals surface area contributed by atoms with E-state index in [4.69, 9.17) is 0 Å². The van der Waals surface area contributed by atoms with Crippen molar-refractivity contribution in [2.75, 3.05) is 0 Å². The summed E-state index contributed by atoms with van der Waals surface area (Å²) in [7, 11) is 0. The van der Waals surface area contributed by atoms with Gasteiger partial charge in [-0.25, -0.2) is 0 Å². The molecule has 0 nitrogen and oxygen atoms in total. The molecule has 0 heterocycles. The molecule has 0 amide bonds. The van der Waals surface area contributed by atoms with Crippen molar-refractivity contribution in [3.63, 3.8) is 0 Å². The van der Waals surface area contributed by atoms with E-state index >= 15 is 0 Å². The fourth-order valence-corrected chi connectivity index (χ4v) is 0. The van der Waals surface area contributed by atoms with Crippen LogP contribution in [0.15, 0.2) is 0 Å². The summed E-state index contributed by atoms with van der Waals surface area (Å²) in [6, 6.07) is 0. The van der Waals surface area contributed by atoms with Gasteiger partial charge < -0.3 is 0 Å². The molecule has 0 bridgehead atoms. The van der Waals surface area contributed by atoms with Gasteiger partial charge in [-0.1, -0.05) is 0 Å². The van der Waals surface area contributed by atoms with Crippen LogP contribution in [0, 0.1) is 0 Å². The zero-order valence-electron chi connectivity index (χ0n) is 1.41. The average Bonchev–Trinajstić information content (AvgIpc) is 0. The van der Waals surface area contributed by atoms with Crippen LogP contribution < -0.4 is 0 Å². The predicted octanol–water partition coefficient (Wildman–Crippen LogP) is -2.31. The molecule has 1 atom stereocenters. The normalized spacial score (nSPS) is 0. The van der Waals surface area contributed by atoms with Gasteiger partial charge in [0.15, 0.2) is 17.4 Å². The second-order valence-electron chi connectivity index (χ2n) is 0. The monoisotopic (exact) mass is 296 g/mol. The summed E-state index contributed by atoms with van der Waals surface area (Å²) in [4.78, 5) is 0. The van der Waals surface area contributed by atoms with Crippen molar-refractivity contribution < 1.29 is 27.3 Å². The van der Waals surface area contributed by atoms with Gasteiger partial charge in [0.05, 0.1) is 0 Å². The van der Waals surface area contributed by atoms with E-state index in [1.54, 1.807) is 0 Å². The average molecular weight is 294 g/mol. The molecule has 4 heavy (non-hydrogen) atoms. The van der Waals surface area contributed by atoms with Crippen LogP contribution in [0.5, 0.6) is 0 Å². The Balaban J connectivity index is 0. The van der Waals surface area contributed by atoms with Crippen molar-refractivity contribution in [2.24, 2.45) is 0 Å². The third-order valence-corrected chi connectivity index (χ3v) is 0. The Labute approximate surface area is 79.2 Å². The molecule has 0 aromatic rings. The third kappa shape index (κ3) is 8.83. The molecule has 0 aliphatic rings. The summed E-state index contributed by atoms with van der Waals surface area (Å²) in [6.45, 7) is 0. The van der Waals surface area contributed by atoms with Crippen LogP contribution >= 0.6 is 9.90 Å². The molecule has 22 valence electrons. The Morgan fingerprint density at radius 3 is 1.00 bits per heavy atom. The van der Waals surface area contributed by atoms with E-state index in [-0.39, 0.29) is 80.4 Å². The number of hydrogen-bond donors (Lipinski definition) is 0. The molecular formula is H9AlCdInP. The van der Waals surface area contributed by atoms with E-state index in [2.05, 4.69) is 0 Å². The third-order valence-electron chi connectivity index (χ3n) is 0. The predicted molar refractivity (Wildman–Crippen MR) is 31.0 cm³/mol. The molecule has 0 N–H and O–H groups in total. The van der Waals surface area contributed by atoms with Crippen LogP contribution in [-0.2, 0) is 27.3 Å². The van der Waals surface area contributed by atoms with Crippen LogP contribution in [0.2, 0.25) is 0 Å². The molecule has 4 heteroatoms. The molecule has 0 aliphatic carbocycles. The summed E-state index contributed by atoms with van der Waals surface area (Å²) < 4.78 is 0. The molecule has 0 saturated carbocycles. The Morgan fingerprint density at radius 1 is 1.00 bits per heavy atom. The Kier molecular flexibility index (Phi) is 126. The first-order valence-corrected chi connectivity index (χ1v) is 0. The van der Waals surface area contributed by atoms with E-state index in [1.807, 2.05) is 0 Å². The minimum atomic E-state index is 0. The fraction of sp³-hybridized carbons (Fsp3) is 0. The van der Waals surface area contributed by atoms with Gasteiger partial charge in [-0.3, -0.25) is 0 Å². The summed E-state index contributed by atoms with van der Waals surface area (Å²) in [5.41, 5.74) is 0. The molecule has 0 aromatic carbocycles. The Hall–Kier alpha value is 2.75. The minimum absolute atomic E-state index is 0. The van der Waals surface area contributed by atoms with Gasteiger partial charge >= 0.3 is 25.8 Å². The second-order valence-corrected chi connectivity index (χ2v) is 0. The summed E-state index contributed by atoms with van der Waals surface area (Å²) in [5.74, 6) is 0. The maximum absolute atomic E-state index is 0. The van der Waals surface area contributed by atoms with Crippen molar-refractivity contribution in [1.29, 1.82) is 0 Å². The molecule has 0 spiro atoms. The van der Waals surface area contributed by atoms with E-state index in [1.165, 1.54) is 0 Å². The van der Waals surface area contributed by atoms with Crippen LogP contribution in [0.3, 0.4) is 0 Å². The zero-order chi connectivity index (χ0) is 0.